The van der Waals surface area contributed by atoms with E-state index in [2.05, 4.69) is 5.32 Å². The van der Waals surface area contributed by atoms with E-state index in [-0.39, 0.29) is 18.0 Å². The standard InChI is InChI=1S/C23H25FN2O3/c1-28-15-13-25-12-10-18-4-8-21(9-5-18)26-14-11-22(16-23(26)27)29-17-19-2-6-20(24)7-3-19/h2-9,11,14,16,25H,10,12-13,15,17H2,1H3. The van der Waals surface area contributed by atoms with Gasteiger partial charge in [0.15, 0.2) is 0 Å². The lowest BCUT2D eigenvalue weighted by atomic mass is 10.1. The van der Waals surface area contributed by atoms with Crippen molar-refractivity contribution in [3.63, 3.8) is 0 Å². The van der Waals surface area contributed by atoms with Crippen LogP contribution >= 0.6 is 0 Å². The van der Waals surface area contributed by atoms with Gasteiger partial charge in [-0.15, -0.1) is 0 Å². The maximum absolute atomic E-state index is 12.9. The SMILES string of the molecule is COCCNCCc1ccc(-n2ccc(OCc3ccc(F)cc3)cc2=O)cc1. The van der Waals surface area contributed by atoms with Crippen molar-refractivity contribution < 1.29 is 13.9 Å². The van der Waals surface area contributed by atoms with Crippen LogP contribution in [0.4, 0.5) is 4.39 Å². The molecule has 0 fully saturated rings. The van der Waals surface area contributed by atoms with Crippen LogP contribution in [0.5, 0.6) is 5.75 Å². The summed E-state index contributed by atoms with van der Waals surface area (Å²) in [6, 6.07) is 17.2. The topological polar surface area (TPSA) is 52.5 Å². The van der Waals surface area contributed by atoms with Crippen LogP contribution in [0.15, 0.2) is 71.7 Å². The summed E-state index contributed by atoms with van der Waals surface area (Å²) in [7, 11) is 1.69. The first kappa shape index (κ1) is 20.8. The van der Waals surface area contributed by atoms with E-state index >= 15 is 0 Å². The van der Waals surface area contributed by atoms with Crippen molar-refractivity contribution in [3.05, 3.63) is 94.2 Å². The van der Waals surface area contributed by atoms with E-state index in [1.165, 1.54) is 23.8 Å². The molecule has 0 unspecified atom stereocenters. The van der Waals surface area contributed by atoms with E-state index < -0.39 is 0 Å². The van der Waals surface area contributed by atoms with Crippen molar-refractivity contribution in [1.29, 1.82) is 0 Å². The predicted octanol–water partition coefficient (Wildman–Crippen LogP) is 3.33. The van der Waals surface area contributed by atoms with Gasteiger partial charge in [0.25, 0.3) is 5.56 Å². The molecule has 1 N–H and O–H groups in total. The zero-order valence-electron chi connectivity index (χ0n) is 16.4. The molecule has 0 bridgehead atoms. The second kappa shape index (κ2) is 10.5. The van der Waals surface area contributed by atoms with Gasteiger partial charge in [0.1, 0.15) is 18.2 Å². The average Bonchev–Trinajstić information content (AvgIpc) is 2.74. The maximum atomic E-state index is 12.9. The number of aromatic nitrogens is 1. The summed E-state index contributed by atoms with van der Waals surface area (Å²) in [4.78, 5) is 12.5. The molecule has 3 rings (SSSR count). The minimum atomic E-state index is -0.287. The Hall–Kier alpha value is -2.96. The Morgan fingerprint density at radius 2 is 1.69 bits per heavy atom. The molecule has 0 amide bonds. The Morgan fingerprint density at radius 1 is 0.966 bits per heavy atom. The minimum Gasteiger partial charge on any atom is -0.489 e. The molecule has 0 spiro atoms. The molecule has 5 nitrogen and oxygen atoms in total. The van der Waals surface area contributed by atoms with Gasteiger partial charge in [-0.1, -0.05) is 24.3 Å². The van der Waals surface area contributed by atoms with Gasteiger partial charge in [-0.3, -0.25) is 9.36 Å². The van der Waals surface area contributed by atoms with E-state index in [1.807, 2.05) is 24.3 Å². The molecule has 0 saturated heterocycles. The lowest BCUT2D eigenvalue weighted by Crippen LogP contribution is -2.21. The highest BCUT2D eigenvalue weighted by Crippen LogP contribution is 2.13. The third-order valence-corrected chi connectivity index (χ3v) is 4.50. The Labute approximate surface area is 169 Å². The first-order chi connectivity index (χ1) is 14.2. The highest BCUT2D eigenvalue weighted by atomic mass is 19.1. The summed E-state index contributed by atoms with van der Waals surface area (Å²) < 4.78 is 25.2. The first-order valence-corrected chi connectivity index (χ1v) is 9.54. The summed E-state index contributed by atoms with van der Waals surface area (Å²) in [6.07, 6.45) is 2.61. The van der Waals surface area contributed by atoms with E-state index in [9.17, 15) is 9.18 Å². The van der Waals surface area contributed by atoms with E-state index in [0.29, 0.717) is 12.4 Å². The van der Waals surface area contributed by atoms with Crippen molar-refractivity contribution >= 4 is 0 Å². The number of hydrogen-bond acceptors (Lipinski definition) is 4. The molecule has 0 aliphatic heterocycles. The van der Waals surface area contributed by atoms with Crippen LogP contribution in [0.3, 0.4) is 0 Å². The molecule has 0 aliphatic carbocycles. The molecule has 3 aromatic rings. The Bertz CT molecular complexity index is 953. The number of pyridine rings is 1. The molecule has 0 radical (unpaired) electrons. The molecule has 29 heavy (non-hydrogen) atoms. The molecule has 1 aromatic heterocycles. The fourth-order valence-corrected chi connectivity index (χ4v) is 2.87. The average molecular weight is 396 g/mol. The molecule has 1 heterocycles. The Morgan fingerprint density at radius 3 is 2.38 bits per heavy atom. The second-order valence-electron chi connectivity index (χ2n) is 6.65. The van der Waals surface area contributed by atoms with Crippen LogP contribution in [0.2, 0.25) is 0 Å². The minimum absolute atomic E-state index is 0.171. The molecule has 0 aliphatic rings. The summed E-state index contributed by atoms with van der Waals surface area (Å²) >= 11 is 0. The Balaban J connectivity index is 1.58. The van der Waals surface area contributed by atoms with Crippen molar-refractivity contribution in [2.75, 3.05) is 26.8 Å². The van der Waals surface area contributed by atoms with Crippen LogP contribution in [-0.4, -0.2) is 31.4 Å². The van der Waals surface area contributed by atoms with Crippen molar-refractivity contribution in [2.45, 2.75) is 13.0 Å². The molecule has 0 saturated carbocycles. The van der Waals surface area contributed by atoms with Gasteiger partial charge in [0.2, 0.25) is 0 Å². The van der Waals surface area contributed by atoms with Gasteiger partial charge < -0.3 is 14.8 Å². The van der Waals surface area contributed by atoms with Gasteiger partial charge in [-0.05, 0) is 54.4 Å². The van der Waals surface area contributed by atoms with Crippen LogP contribution in [0.25, 0.3) is 5.69 Å². The van der Waals surface area contributed by atoms with E-state index in [1.54, 1.807) is 36.1 Å². The fourth-order valence-electron chi connectivity index (χ4n) is 2.87. The molecule has 6 heteroatoms. The maximum Gasteiger partial charge on any atom is 0.258 e. The largest absolute Gasteiger partial charge is 0.489 e. The van der Waals surface area contributed by atoms with Crippen molar-refractivity contribution in [3.8, 4) is 11.4 Å². The van der Waals surface area contributed by atoms with E-state index in [0.717, 1.165) is 30.8 Å². The molecule has 2 aromatic carbocycles. The quantitative estimate of drug-likeness (QED) is 0.534. The fraction of sp³-hybridized carbons (Fsp3) is 0.261. The smallest absolute Gasteiger partial charge is 0.258 e. The zero-order chi connectivity index (χ0) is 20.5. The number of methoxy groups -OCH3 is 1. The number of rotatable bonds is 10. The molecular weight excluding hydrogens is 371 g/mol. The number of ether oxygens (including phenoxy) is 2. The first-order valence-electron chi connectivity index (χ1n) is 9.54. The molecule has 152 valence electrons. The lowest BCUT2D eigenvalue weighted by Gasteiger charge is -2.10. The predicted molar refractivity (Wildman–Crippen MR) is 111 cm³/mol. The summed E-state index contributed by atoms with van der Waals surface area (Å²) in [5.41, 5.74) is 2.67. The normalized spacial score (nSPS) is 10.8. The summed E-state index contributed by atoms with van der Waals surface area (Å²) in [6.45, 7) is 2.69. The number of nitrogens with one attached hydrogen (secondary N) is 1. The number of nitrogens with zero attached hydrogens (tertiary/aromatic N) is 1. The third-order valence-electron chi connectivity index (χ3n) is 4.50. The number of benzene rings is 2. The Kier molecular flexibility index (Phi) is 7.55. The van der Waals surface area contributed by atoms with Crippen molar-refractivity contribution in [1.82, 2.24) is 9.88 Å². The summed E-state index contributed by atoms with van der Waals surface area (Å²) in [5, 5.41) is 3.31. The molecular formula is C23H25FN2O3. The van der Waals surface area contributed by atoms with Gasteiger partial charge in [-0.25, -0.2) is 4.39 Å². The van der Waals surface area contributed by atoms with Gasteiger partial charge in [0, 0.05) is 31.6 Å². The zero-order valence-corrected chi connectivity index (χ0v) is 16.4. The van der Waals surface area contributed by atoms with Gasteiger partial charge in [-0.2, -0.15) is 0 Å². The van der Waals surface area contributed by atoms with Crippen LogP contribution in [-0.2, 0) is 17.8 Å². The van der Waals surface area contributed by atoms with Gasteiger partial charge >= 0.3 is 0 Å². The van der Waals surface area contributed by atoms with Crippen molar-refractivity contribution in [2.24, 2.45) is 0 Å². The third kappa shape index (κ3) is 6.27. The van der Waals surface area contributed by atoms with E-state index in [4.69, 9.17) is 9.47 Å². The highest BCUT2D eigenvalue weighted by Gasteiger charge is 2.04. The van der Waals surface area contributed by atoms with Crippen LogP contribution in [0.1, 0.15) is 11.1 Å². The molecule has 0 atom stereocenters. The van der Waals surface area contributed by atoms with Crippen LogP contribution in [0, 0.1) is 5.82 Å². The number of hydrogen-bond donors (Lipinski definition) is 1. The second-order valence-corrected chi connectivity index (χ2v) is 6.65. The lowest BCUT2D eigenvalue weighted by molar-refractivity contribution is 0.199. The number of halogens is 1. The highest BCUT2D eigenvalue weighted by molar-refractivity contribution is 5.36. The van der Waals surface area contributed by atoms with Gasteiger partial charge in [0.05, 0.1) is 6.61 Å². The van der Waals surface area contributed by atoms with Crippen LogP contribution < -0.4 is 15.6 Å². The monoisotopic (exact) mass is 396 g/mol. The summed E-state index contributed by atoms with van der Waals surface area (Å²) in [5.74, 6) is 0.194.